The van der Waals surface area contributed by atoms with Crippen molar-refractivity contribution in [2.45, 2.75) is 12.8 Å². The van der Waals surface area contributed by atoms with E-state index in [-0.39, 0.29) is 0 Å². The minimum absolute atomic E-state index is 0.890. The van der Waals surface area contributed by atoms with Crippen LogP contribution in [0.25, 0.3) is 55.0 Å². The van der Waals surface area contributed by atoms with Gasteiger partial charge >= 0.3 is 0 Å². The Balaban J connectivity index is 1.28. The molecule has 0 radical (unpaired) electrons. The van der Waals surface area contributed by atoms with E-state index in [0.717, 1.165) is 83.9 Å². The second kappa shape index (κ2) is 9.45. The van der Waals surface area contributed by atoms with E-state index in [9.17, 15) is 0 Å². The first-order chi connectivity index (χ1) is 19.8. The minimum atomic E-state index is 0.890. The lowest BCUT2D eigenvalue weighted by atomic mass is 9.93. The summed E-state index contributed by atoms with van der Waals surface area (Å²) in [4.78, 5) is 20.1. The van der Waals surface area contributed by atoms with Crippen LogP contribution in [0, 0.1) is 0 Å². The Bertz CT molecular complexity index is 1930. The minimum Gasteiger partial charge on any atom is -0.342 e. The van der Waals surface area contributed by atoms with Crippen molar-refractivity contribution in [3.05, 3.63) is 103 Å². The van der Waals surface area contributed by atoms with E-state index in [2.05, 4.69) is 113 Å². The van der Waals surface area contributed by atoms with Crippen LogP contribution in [0.5, 0.6) is 0 Å². The number of hydrogen-bond donors (Lipinski definition) is 0. The highest BCUT2D eigenvalue weighted by atomic mass is 15.4. The van der Waals surface area contributed by atoms with Gasteiger partial charge in [0.25, 0.3) is 0 Å². The van der Waals surface area contributed by atoms with Gasteiger partial charge in [-0.1, -0.05) is 84.9 Å². The third-order valence-corrected chi connectivity index (χ3v) is 8.24. The lowest BCUT2D eigenvalue weighted by Gasteiger charge is -2.40. The SMILES string of the molecule is c1ccc(-c2ccc(-c3ccc4ccc5ccc(N6CCCN7CCCN=C76)nc5c4n3)c3ccccc23)cc1. The Morgan fingerprint density at radius 1 is 0.550 bits per heavy atom. The van der Waals surface area contributed by atoms with E-state index in [0.29, 0.717) is 0 Å². The Labute approximate surface area is 233 Å². The molecule has 5 nitrogen and oxygen atoms in total. The smallest absolute Gasteiger partial charge is 0.202 e. The number of fused-ring (bicyclic) bond motifs is 5. The Hall–Kier alpha value is -4.77. The fraction of sp³-hybridized carbons (Fsp3) is 0.171. The molecule has 0 aliphatic carbocycles. The highest BCUT2D eigenvalue weighted by molar-refractivity contribution is 6.08. The second-order valence-corrected chi connectivity index (χ2v) is 10.7. The van der Waals surface area contributed by atoms with Crippen molar-refractivity contribution in [1.82, 2.24) is 14.9 Å². The summed E-state index contributed by atoms with van der Waals surface area (Å²) < 4.78 is 0. The van der Waals surface area contributed by atoms with E-state index in [1.54, 1.807) is 0 Å². The van der Waals surface area contributed by atoms with E-state index < -0.39 is 0 Å². The largest absolute Gasteiger partial charge is 0.342 e. The number of anilines is 1. The molecule has 6 aromatic rings. The molecule has 0 N–H and O–H groups in total. The van der Waals surface area contributed by atoms with Crippen LogP contribution in [0.2, 0.25) is 0 Å². The normalized spacial score (nSPS) is 15.4. The maximum absolute atomic E-state index is 5.27. The summed E-state index contributed by atoms with van der Waals surface area (Å²) in [5, 5.41) is 4.63. The molecule has 0 unspecified atom stereocenters. The topological polar surface area (TPSA) is 44.6 Å². The molecule has 0 atom stereocenters. The predicted octanol–water partition coefficient (Wildman–Crippen LogP) is 7.54. The summed E-state index contributed by atoms with van der Waals surface area (Å²) in [6.07, 6.45) is 2.24. The number of benzene rings is 4. The number of aromatic nitrogens is 2. The van der Waals surface area contributed by atoms with Crippen LogP contribution < -0.4 is 4.90 Å². The molecule has 0 spiro atoms. The molecule has 40 heavy (non-hydrogen) atoms. The predicted molar refractivity (Wildman–Crippen MR) is 166 cm³/mol. The molecule has 5 heteroatoms. The van der Waals surface area contributed by atoms with Crippen LogP contribution in [0.15, 0.2) is 108 Å². The van der Waals surface area contributed by atoms with Crippen LogP contribution >= 0.6 is 0 Å². The quantitative estimate of drug-likeness (QED) is 0.227. The van der Waals surface area contributed by atoms with E-state index >= 15 is 0 Å². The summed E-state index contributed by atoms with van der Waals surface area (Å²) in [6, 6.07) is 36.6. The fourth-order valence-electron chi connectivity index (χ4n) is 6.29. The van der Waals surface area contributed by atoms with Gasteiger partial charge in [-0.15, -0.1) is 0 Å². The molecule has 4 aromatic carbocycles. The molecule has 2 aliphatic heterocycles. The van der Waals surface area contributed by atoms with Gasteiger partial charge in [0.05, 0.1) is 16.7 Å². The van der Waals surface area contributed by atoms with Crippen molar-refractivity contribution in [1.29, 1.82) is 0 Å². The van der Waals surface area contributed by atoms with Crippen LogP contribution in [-0.4, -0.2) is 47.0 Å². The molecule has 8 rings (SSSR count). The standard InChI is InChI=1S/C35H29N5/c1-2-8-24(9-3-1)27-16-17-30(29-11-5-4-10-28(27)29)31-18-14-25-12-13-26-15-19-32(38-34(26)33(25)37-31)40-23-7-22-39-21-6-20-36-35(39)40/h1-5,8-19H,6-7,20-23H2. The van der Waals surface area contributed by atoms with Crippen LogP contribution in [-0.2, 0) is 0 Å². The van der Waals surface area contributed by atoms with Crippen molar-refractivity contribution < 1.29 is 0 Å². The van der Waals surface area contributed by atoms with E-state index in [1.165, 1.54) is 21.9 Å². The zero-order chi connectivity index (χ0) is 26.5. The summed E-state index contributed by atoms with van der Waals surface area (Å²) >= 11 is 0. The van der Waals surface area contributed by atoms with E-state index in [4.69, 9.17) is 15.0 Å². The van der Waals surface area contributed by atoms with Crippen molar-refractivity contribution in [3.8, 4) is 22.4 Å². The highest BCUT2D eigenvalue weighted by Crippen LogP contribution is 2.36. The average Bonchev–Trinajstić information content (AvgIpc) is 3.04. The van der Waals surface area contributed by atoms with Gasteiger partial charge in [0.15, 0.2) is 0 Å². The molecular formula is C35H29N5. The summed E-state index contributed by atoms with van der Waals surface area (Å²) in [7, 11) is 0. The Morgan fingerprint density at radius 3 is 2.08 bits per heavy atom. The van der Waals surface area contributed by atoms with Crippen molar-refractivity contribution in [3.63, 3.8) is 0 Å². The number of aliphatic imine (C=N–C) groups is 1. The third-order valence-electron chi connectivity index (χ3n) is 8.24. The second-order valence-electron chi connectivity index (χ2n) is 10.7. The molecule has 0 saturated carbocycles. The van der Waals surface area contributed by atoms with Gasteiger partial charge in [-0.25, -0.2) is 9.97 Å². The Morgan fingerprint density at radius 2 is 1.23 bits per heavy atom. The van der Waals surface area contributed by atoms with Crippen molar-refractivity contribution in [2.75, 3.05) is 31.1 Å². The van der Waals surface area contributed by atoms with Gasteiger partial charge < -0.3 is 4.90 Å². The molecule has 2 aliphatic rings. The monoisotopic (exact) mass is 519 g/mol. The molecule has 0 bridgehead atoms. The van der Waals surface area contributed by atoms with Gasteiger partial charge in [-0.2, -0.15) is 0 Å². The summed E-state index contributed by atoms with van der Waals surface area (Å²) in [5.74, 6) is 2.03. The van der Waals surface area contributed by atoms with Crippen LogP contribution in [0.1, 0.15) is 12.8 Å². The first kappa shape index (κ1) is 23.1. The molecule has 4 heterocycles. The molecule has 0 amide bonds. The molecule has 194 valence electrons. The summed E-state index contributed by atoms with van der Waals surface area (Å²) in [5.41, 5.74) is 6.43. The summed E-state index contributed by atoms with van der Waals surface area (Å²) in [6.45, 7) is 3.99. The van der Waals surface area contributed by atoms with Crippen molar-refractivity contribution >= 4 is 44.4 Å². The first-order valence-corrected chi connectivity index (χ1v) is 14.2. The Kier molecular flexibility index (Phi) is 5.47. The third kappa shape index (κ3) is 3.81. The molecule has 1 fully saturated rings. The van der Waals surface area contributed by atoms with Gasteiger partial charge in [0, 0.05) is 42.5 Å². The highest BCUT2D eigenvalue weighted by Gasteiger charge is 2.27. The average molecular weight is 520 g/mol. The maximum Gasteiger partial charge on any atom is 0.202 e. The van der Waals surface area contributed by atoms with Gasteiger partial charge in [-0.3, -0.25) is 9.89 Å². The lowest BCUT2D eigenvalue weighted by Crippen LogP contribution is -2.52. The zero-order valence-electron chi connectivity index (χ0n) is 22.3. The molecule has 1 saturated heterocycles. The van der Waals surface area contributed by atoms with Crippen LogP contribution in [0.4, 0.5) is 5.82 Å². The first-order valence-electron chi connectivity index (χ1n) is 14.2. The van der Waals surface area contributed by atoms with Crippen LogP contribution in [0.3, 0.4) is 0 Å². The van der Waals surface area contributed by atoms with Gasteiger partial charge in [0.2, 0.25) is 5.96 Å². The number of hydrogen-bond acceptors (Lipinski definition) is 5. The number of guanidine groups is 1. The molecule has 2 aromatic heterocycles. The number of nitrogens with zero attached hydrogens (tertiary/aromatic N) is 5. The molecular weight excluding hydrogens is 490 g/mol. The van der Waals surface area contributed by atoms with Crippen molar-refractivity contribution in [2.24, 2.45) is 4.99 Å². The number of pyridine rings is 2. The zero-order valence-corrected chi connectivity index (χ0v) is 22.3. The van der Waals surface area contributed by atoms with E-state index in [1.807, 2.05) is 0 Å². The lowest BCUT2D eigenvalue weighted by molar-refractivity contribution is 0.359. The van der Waals surface area contributed by atoms with Gasteiger partial charge in [0.1, 0.15) is 5.82 Å². The maximum atomic E-state index is 5.27. The number of rotatable bonds is 3. The fourth-order valence-corrected chi connectivity index (χ4v) is 6.29. The van der Waals surface area contributed by atoms with Gasteiger partial charge in [-0.05, 0) is 52.9 Å².